The van der Waals surface area contributed by atoms with Gasteiger partial charge in [0.25, 0.3) is 5.91 Å². The minimum atomic E-state index is -4.69. The zero-order valence-corrected chi connectivity index (χ0v) is 19.0. The van der Waals surface area contributed by atoms with E-state index in [4.69, 9.17) is 0 Å². The van der Waals surface area contributed by atoms with Crippen LogP contribution in [0.5, 0.6) is 5.75 Å². The zero-order chi connectivity index (χ0) is 24.4. The summed E-state index contributed by atoms with van der Waals surface area (Å²) in [7, 11) is 0. The molecule has 7 nitrogen and oxygen atoms in total. The molecule has 3 heterocycles. The van der Waals surface area contributed by atoms with E-state index in [1.165, 1.54) is 12.1 Å². The number of benzene rings is 2. The molecular formula is C25H26F3N5O2. The molecule has 2 aliphatic heterocycles. The summed E-state index contributed by atoms with van der Waals surface area (Å²) in [4.78, 5) is 17.3. The number of aromatic amines is 1. The summed E-state index contributed by atoms with van der Waals surface area (Å²) in [6.07, 6.45) is 1.76. The minimum Gasteiger partial charge on any atom is -0.406 e. The molecule has 1 amide bonds. The van der Waals surface area contributed by atoms with Crippen molar-refractivity contribution >= 4 is 16.9 Å². The van der Waals surface area contributed by atoms with Crippen molar-refractivity contribution in [1.82, 2.24) is 25.2 Å². The number of amides is 1. The van der Waals surface area contributed by atoms with Crippen LogP contribution in [0.2, 0.25) is 0 Å². The Balaban J connectivity index is 1.13. The highest BCUT2D eigenvalue weighted by Crippen LogP contribution is 2.32. The van der Waals surface area contributed by atoms with Crippen LogP contribution in [0.15, 0.2) is 54.7 Å². The summed E-state index contributed by atoms with van der Waals surface area (Å²) in [6.45, 7) is 3.29. The molecule has 0 radical (unpaired) electrons. The Bertz CT molecular complexity index is 1210. The molecule has 10 heteroatoms. The summed E-state index contributed by atoms with van der Waals surface area (Å²) in [5.74, 6) is 0.855. The van der Waals surface area contributed by atoms with Gasteiger partial charge in [-0.3, -0.25) is 4.79 Å². The molecule has 3 aromatic rings. The van der Waals surface area contributed by atoms with Gasteiger partial charge in [0.15, 0.2) is 0 Å². The van der Waals surface area contributed by atoms with E-state index in [2.05, 4.69) is 25.0 Å². The third-order valence-corrected chi connectivity index (χ3v) is 6.80. The first-order chi connectivity index (χ1) is 16.8. The maximum absolute atomic E-state index is 13.1. The van der Waals surface area contributed by atoms with Gasteiger partial charge in [0.2, 0.25) is 0 Å². The number of fused-ring (bicyclic) bond motifs is 2. The molecule has 0 unspecified atom stereocenters. The number of hydrogen-bond donors (Lipinski definition) is 1. The summed E-state index contributed by atoms with van der Waals surface area (Å²) in [6, 6.07) is 11.5. The summed E-state index contributed by atoms with van der Waals surface area (Å²) >= 11 is 0. The minimum absolute atomic E-state index is 0.0309. The number of alkyl halides is 3. The van der Waals surface area contributed by atoms with Crippen LogP contribution in [0.3, 0.4) is 0 Å². The van der Waals surface area contributed by atoms with Crippen LogP contribution in [0.1, 0.15) is 28.8 Å². The van der Waals surface area contributed by atoms with E-state index in [1.54, 1.807) is 24.3 Å². The lowest BCUT2D eigenvalue weighted by Crippen LogP contribution is -2.32. The number of allylic oxidation sites excluding steroid dienone is 1. The number of carbonyl (C=O) groups is 1. The van der Waals surface area contributed by atoms with Gasteiger partial charge in [-0.1, -0.05) is 18.2 Å². The maximum atomic E-state index is 13.1. The van der Waals surface area contributed by atoms with E-state index < -0.39 is 6.36 Å². The van der Waals surface area contributed by atoms with Gasteiger partial charge < -0.3 is 14.5 Å². The molecule has 0 bridgehead atoms. The average Bonchev–Trinajstić information content (AvgIpc) is 3.39. The van der Waals surface area contributed by atoms with Crippen molar-refractivity contribution in [3.8, 4) is 5.75 Å². The molecule has 0 saturated carbocycles. The Morgan fingerprint density at radius 1 is 1.06 bits per heavy atom. The molecule has 5 rings (SSSR count). The van der Waals surface area contributed by atoms with E-state index in [-0.39, 0.29) is 11.7 Å². The Hall–Kier alpha value is -3.56. The van der Waals surface area contributed by atoms with Crippen LogP contribution in [0, 0.1) is 11.8 Å². The van der Waals surface area contributed by atoms with E-state index >= 15 is 0 Å². The number of ether oxygens (including phenoxy) is 1. The van der Waals surface area contributed by atoms with Crippen LogP contribution >= 0.6 is 0 Å². The Kier molecular flexibility index (Phi) is 6.36. The summed E-state index contributed by atoms with van der Waals surface area (Å²) < 4.78 is 41.3. The fourth-order valence-corrected chi connectivity index (χ4v) is 5.07. The molecule has 2 aliphatic rings. The second kappa shape index (κ2) is 9.59. The van der Waals surface area contributed by atoms with E-state index in [9.17, 15) is 18.0 Å². The molecule has 1 N–H and O–H groups in total. The standard InChI is InChI=1S/C25H26F3N5O2/c26-25(27,28)35-21-5-1-3-17(13-21)4-2-10-32-15-19-8-11-33(12-9-20(19)16-32)24(34)18-6-7-22-23(14-18)30-31-29-22/h1-3,5-7,10,13-14,19-20H,4,8-9,11-12,15-16H2,(H,29,30,31)/b10-2+/t19-,20+. The Morgan fingerprint density at radius 3 is 2.54 bits per heavy atom. The quantitative estimate of drug-likeness (QED) is 0.580. The van der Waals surface area contributed by atoms with E-state index in [1.807, 2.05) is 23.2 Å². The lowest BCUT2D eigenvalue weighted by molar-refractivity contribution is -0.274. The molecule has 2 fully saturated rings. The second-order valence-corrected chi connectivity index (χ2v) is 9.15. The molecule has 184 valence electrons. The van der Waals surface area contributed by atoms with E-state index in [0.29, 0.717) is 29.3 Å². The fraction of sp³-hybridized carbons (Fsp3) is 0.400. The lowest BCUT2D eigenvalue weighted by atomic mass is 9.92. The Morgan fingerprint density at radius 2 is 1.80 bits per heavy atom. The number of rotatable bonds is 5. The maximum Gasteiger partial charge on any atom is 0.573 e. The highest BCUT2D eigenvalue weighted by molar-refractivity contribution is 5.97. The number of aromatic nitrogens is 3. The van der Waals surface area contributed by atoms with Crippen molar-refractivity contribution in [2.45, 2.75) is 25.6 Å². The van der Waals surface area contributed by atoms with Gasteiger partial charge in [-0.05, 0) is 73.2 Å². The molecule has 35 heavy (non-hydrogen) atoms. The van der Waals surface area contributed by atoms with Gasteiger partial charge in [-0.15, -0.1) is 13.2 Å². The second-order valence-electron chi connectivity index (χ2n) is 9.15. The first-order valence-electron chi connectivity index (χ1n) is 11.7. The molecule has 0 aliphatic carbocycles. The van der Waals surface area contributed by atoms with Crippen molar-refractivity contribution in [1.29, 1.82) is 0 Å². The van der Waals surface area contributed by atoms with Gasteiger partial charge in [0.1, 0.15) is 16.8 Å². The highest BCUT2D eigenvalue weighted by Gasteiger charge is 2.35. The lowest BCUT2D eigenvalue weighted by Gasteiger charge is -2.22. The van der Waals surface area contributed by atoms with Crippen molar-refractivity contribution in [3.05, 3.63) is 65.9 Å². The third-order valence-electron chi connectivity index (χ3n) is 6.80. The summed E-state index contributed by atoms with van der Waals surface area (Å²) in [5, 5.41) is 10.7. The number of carbonyl (C=O) groups excluding carboxylic acids is 1. The van der Waals surface area contributed by atoms with Crippen LogP contribution in [0.25, 0.3) is 11.0 Å². The average molecular weight is 486 g/mol. The van der Waals surface area contributed by atoms with Crippen molar-refractivity contribution in [3.63, 3.8) is 0 Å². The number of nitrogens with one attached hydrogen (secondary N) is 1. The fourth-order valence-electron chi connectivity index (χ4n) is 5.07. The van der Waals surface area contributed by atoms with Gasteiger partial charge in [0, 0.05) is 31.7 Å². The monoisotopic (exact) mass is 485 g/mol. The van der Waals surface area contributed by atoms with Crippen LogP contribution in [-0.4, -0.2) is 63.7 Å². The Labute approximate surface area is 200 Å². The molecule has 2 atom stereocenters. The number of halogens is 3. The third kappa shape index (κ3) is 5.58. The van der Waals surface area contributed by atoms with Gasteiger partial charge in [-0.25, -0.2) is 0 Å². The largest absolute Gasteiger partial charge is 0.573 e. The first-order valence-corrected chi connectivity index (χ1v) is 11.7. The topological polar surface area (TPSA) is 74.4 Å². The highest BCUT2D eigenvalue weighted by atomic mass is 19.4. The van der Waals surface area contributed by atoms with Gasteiger partial charge >= 0.3 is 6.36 Å². The van der Waals surface area contributed by atoms with Gasteiger partial charge in [0.05, 0.1) is 0 Å². The molecule has 1 aromatic heterocycles. The predicted octanol–water partition coefficient (Wildman–Crippen LogP) is 4.40. The number of likely N-dealkylation sites (tertiary alicyclic amines) is 2. The van der Waals surface area contributed by atoms with E-state index in [0.717, 1.165) is 50.1 Å². The number of H-pyrrole nitrogens is 1. The van der Waals surface area contributed by atoms with Crippen LogP contribution in [0.4, 0.5) is 13.2 Å². The SMILES string of the molecule is O=C(c1ccc2n[nH]nc2c1)N1CC[C@@H]2CN(/C=C/Cc3cccc(OC(F)(F)F)c3)C[C@@H]2CC1. The molecule has 2 saturated heterocycles. The van der Waals surface area contributed by atoms with Crippen LogP contribution in [-0.2, 0) is 6.42 Å². The normalized spacial score (nSPS) is 20.9. The smallest absolute Gasteiger partial charge is 0.406 e. The molecular weight excluding hydrogens is 459 g/mol. The van der Waals surface area contributed by atoms with Crippen molar-refractivity contribution < 1.29 is 22.7 Å². The number of hydrogen-bond acceptors (Lipinski definition) is 5. The van der Waals surface area contributed by atoms with Crippen LogP contribution < -0.4 is 4.74 Å². The first kappa shape index (κ1) is 23.2. The molecule has 0 spiro atoms. The molecule has 2 aromatic carbocycles. The number of nitrogens with zero attached hydrogens (tertiary/aromatic N) is 4. The zero-order valence-electron chi connectivity index (χ0n) is 19.0. The van der Waals surface area contributed by atoms with Gasteiger partial charge in [-0.2, -0.15) is 15.4 Å². The summed E-state index contributed by atoms with van der Waals surface area (Å²) in [5.41, 5.74) is 2.81. The van der Waals surface area contributed by atoms with Crippen molar-refractivity contribution in [2.24, 2.45) is 11.8 Å². The predicted molar refractivity (Wildman–Crippen MR) is 124 cm³/mol. The van der Waals surface area contributed by atoms with Crippen molar-refractivity contribution in [2.75, 3.05) is 26.2 Å².